The van der Waals surface area contributed by atoms with Crippen LogP contribution < -0.4 is 20.1 Å². The third-order valence-electron chi connectivity index (χ3n) is 4.24. The Morgan fingerprint density at radius 3 is 2.50 bits per heavy atom. The quantitative estimate of drug-likeness (QED) is 0.464. The third-order valence-corrected chi connectivity index (χ3v) is 4.24. The van der Waals surface area contributed by atoms with E-state index in [0.29, 0.717) is 31.3 Å². The molecule has 0 aliphatic carbocycles. The van der Waals surface area contributed by atoms with E-state index in [9.17, 15) is 4.79 Å². The molecule has 6 nitrogen and oxygen atoms in total. The number of carbonyl (C=O) groups excluding carboxylic acids is 1. The summed E-state index contributed by atoms with van der Waals surface area (Å²) in [6, 6.07) is 24.8. The second-order valence-corrected chi connectivity index (χ2v) is 6.54. The summed E-state index contributed by atoms with van der Waals surface area (Å²) in [6.07, 6.45) is 0. The summed E-state index contributed by atoms with van der Waals surface area (Å²) in [4.78, 5) is 12.4. The van der Waals surface area contributed by atoms with Crippen LogP contribution in [0.5, 0.6) is 11.5 Å². The maximum atomic E-state index is 12.4. The fourth-order valence-electron chi connectivity index (χ4n) is 2.75. The number of para-hydroxylation sites is 2. The highest BCUT2D eigenvalue weighted by molar-refractivity contribution is 5.95. The molecule has 3 rings (SSSR count). The molecule has 30 heavy (non-hydrogen) atoms. The summed E-state index contributed by atoms with van der Waals surface area (Å²) in [5, 5.41) is 6.01. The third kappa shape index (κ3) is 6.83. The fourth-order valence-corrected chi connectivity index (χ4v) is 2.75. The van der Waals surface area contributed by atoms with Crippen LogP contribution >= 0.6 is 0 Å². The molecule has 2 N–H and O–H groups in total. The van der Waals surface area contributed by atoms with Crippen molar-refractivity contribution in [3.05, 3.63) is 84.4 Å². The Hall–Kier alpha value is -3.51. The average molecular weight is 406 g/mol. The van der Waals surface area contributed by atoms with Crippen LogP contribution in [0.1, 0.15) is 5.56 Å². The topological polar surface area (TPSA) is 68.8 Å². The number of carbonyl (C=O) groups is 1. The molecular formula is C24H26N2O4. The predicted octanol–water partition coefficient (Wildman–Crippen LogP) is 4.34. The number of methoxy groups -OCH3 is 1. The van der Waals surface area contributed by atoms with Gasteiger partial charge in [0.05, 0.1) is 18.8 Å². The van der Waals surface area contributed by atoms with Gasteiger partial charge in [-0.2, -0.15) is 0 Å². The molecule has 0 aromatic heterocycles. The van der Waals surface area contributed by atoms with E-state index in [0.717, 1.165) is 17.0 Å². The minimum absolute atomic E-state index is 0.120. The van der Waals surface area contributed by atoms with Crippen LogP contribution in [-0.2, 0) is 16.1 Å². The Labute approximate surface area is 176 Å². The molecule has 0 fully saturated rings. The summed E-state index contributed by atoms with van der Waals surface area (Å²) in [7, 11) is 1.63. The van der Waals surface area contributed by atoms with Crippen molar-refractivity contribution >= 4 is 17.3 Å². The first-order valence-electron chi connectivity index (χ1n) is 9.76. The van der Waals surface area contributed by atoms with Crippen LogP contribution in [0.15, 0.2) is 78.9 Å². The molecule has 156 valence electrons. The van der Waals surface area contributed by atoms with Gasteiger partial charge in [-0.15, -0.1) is 0 Å². The van der Waals surface area contributed by atoms with Gasteiger partial charge in [0.1, 0.15) is 24.7 Å². The van der Waals surface area contributed by atoms with Crippen molar-refractivity contribution in [3.8, 4) is 11.5 Å². The second-order valence-electron chi connectivity index (χ2n) is 6.54. The Morgan fingerprint density at radius 1 is 0.867 bits per heavy atom. The van der Waals surface area contributed by atoms with Gasteiger partial charge in [-0.05, 0) is 29.8 Å². The number of nitrogens with one attached hydrogen (secondary N) is 2. The number of hydrogen-bond donors (Lipinski definition) is 2. The Morgan fingerprint density at radius 2 is 1.67 bits per heavy atom. The van der Waals surface area contributed by atoms with E-state index >= 15 is 0 Å². The van der Waals surface area contributed by atoms with Gasteiger partial charge >= 0.3 is 0 Å². The van der Waals surface area contributed by atoms with Gasteiger partial charge in [0.25, 0.3) is 0 Å². The number of benzene rings is 3. The maximum Gasteiger partial charge on any atom is 0.243 e. The van der Waals surface area contributed by atoms with Gasteiger partial charge in [-0.3, -0.25) is 4.79 Å². The lowest BCUT2D eigenvalue weighted by atomic mass is 10.2. The standard InChI is InChI=1S/C24H26N2O4/c1-28-14-15-29-21-11-7-10-20(16-21)25-17-24(27)26-22-12-5-6-13-23(22)30-18-19-8-3-2-4-9-19/h2-13,16,25H,14-15,17-18H2,1H3,(H,26,27). The van der Waals surface area contributed by atoms with E-state index in [2.05, 4.69) is 10.6 Å². The normalized spacial score (nSPS) is 10.3. The zero-order valence-corrected chi connectivity index (χ0v) is 17.0. The van der Waals surface area contributed by atoms with Gasteiger partial charge < -0.3 is 24.8 Å². The molecule has 3 aromatic carbocycles. The van der Waals surface area contributed by atoms with Gasteiger partial charge in [0.2, 0.25) is 5.91 Å². The molecule has 0 heterocycles. The van der Waals surface area contributed by atoms with Crippen LogP contribution in [0.25, 0.3) is 0 Å². The van der Waals surface area contributed by atoms with E-state index in [1.165, 1.54) is 0 Å². The summed E-state index contributed by atoms with van der Waals surface area (Å²) < 4.78 is 16.5. The zero-order valence-electron chi connectivity index (χ0n) is 17.0. The molecule has 0 spiro atoms. The molecule has 0 radical (unpaired) electrons. The number of amides is 1. The molecule has 1 amide bonds. The molecule has 0 unspecified atom stereocenters. The summed E-state index contributed by atoms with van der Waals surface area (Å²) in [5.74, 6) is 1.18. The second kappa shape index (κ2) is 11.5. The minimum Gasteiger partial charge on any atom is -0.491 e. The molecule has 0 aliphatic rings. The molecule has 0 saturated heterocycles. The van der Waals surface area contributed by atoms with Crippen LogP contribution in [0.2, 0.25) is 0 Å². The maximum absolute atomic E-state index is 12.4. The van der Waals surface area contributed by atoms with Crippen molar-refractivity contribution < 1.29 is 19.0 Å². The Kier molecular flexibility index (Phi) is 8.12. The molecule has 0 bridgehead atoms. The van der Waals surface area contributed by atoms with E-state index in [4.69, 9.17) is 14.2 Å². The van der Waals surface area contributed by atoms with Crippen molar-refractivity contribution in [1.82, 2.24) is 0 Å². The predicted molar refractivity (Wildman–Crippen MR) is 118 cm³/mol. The van der Waals surface area contributed by atoms with Crippen LogP contribution in [0.4, 0.5) is 11.4 Å². The van der Waals surface area contributed by atoms with Crippen LogP contribution in [0.3, 0.4) is 0 Å². The number of anilines is 2. The highest BCUT2D eigenvalue weighted by atomic mass is 16.5. The van der Waals surface area contributed by atoms with Gasteiger partial charge in [-0.25, -0.2) is 0 Å². The van der Waals surface area contributed by atoms with E-state index in [-0.39, 0.29) is 12.5 Å². The lowest BCUT2D eigenvalue weighted by molar-refractivity contribution is -0.114. The monoisotopic (exact) mass is 406 g/mol. The molecule has 3 aromatic rings. The van der Waals surface area contributed by atoms with Gasteiger partial charge in [0.15, 0.2) is 0 Å². The van der Waals surface area contributed by atoms with Crippen molar-refractivity contribution in [2.24, 2.45) is 0 Å². The van der Waals surface area contributed by atoms with Crippen molar-refractivity contribution in [2.75, 3.05) is 37.5 Å². The molecule has 6 heteroatoms. The Balaban J connectivity index is 1.52. The molecule has 0 aliphatic heterocycles. The first-order valence-corrected chi connectivity index (χ1v) is 9.76. The first kappa shape index (κ1) is 21.2. The largest absolute Gasteiger partial charge is 0.491 e. The summed E-state index contributed by atoms with van der Waals surface area (Å²) in [5.41, 5.74) is 2.50. The highest BCUT2D eigenvalue weighted by Crippen LogP contribution is 2.25. The van der Waals surface area contributed by atoms with E-state index in [1.807, 2.05) is 78.9 Å². The Bertz CT molecular complexity index is 931. The number of ether oxygens (including phenoxy) is 3. The first-order chi connectivity index (χ1) is 14.7. The van der Waals surface area contributed by atoms with Crippen molar-refractivity contribution in [2.45, 2.75) is 6.61 Å². The minimum atomic E-state index is -0.170. The number of rotatable bonds is 11. The number of hydrogen-bond acceptors (Lipinski definition) is 5. The molecule has 0 atom stereocenters. The van der Waals surface area contributed by atoms with Crippen molar-refractivity contribution in [3.63, 3.8) is 0 Å². The summed E-state index contributed by atoms with van der Waals surface area (Å²) >= 11 is 0. The highest BCUT2D eigenvalue weighted by Gasteiger charge is 2.08. The smallest absolute Gasteiger partial charge is 0.243 e. The lowest BCUT2D eigenvalue weighted by Crippen LogP contribution is -2.22. The van der Waals surface area contributed by atoms with E-state index in [1.54, 1.807) is 7.11 Å². The van der Waals surface area contributed by atoms with Crippen LogP contribution in [0, 0.1) is 0 Å². The molecular weight excluding hydrogens is 380 g/mol. The van der Waals surface area contributed by atoms with Gasteiger partial charge in [0, 0.05) is 18.9 Å². The molecule has 0 saturated carbocycles. The van der Waals surface area contributed by atoms with E-state index < -0.39 is 0 Å². The lowest BCUT2D eigenvalue weighted by Gasteiger charge is -2.13. The van der Waals surface area contributed by atoms with Gasteiger partial charge in [-0.1, -0.05) is 48.5 Å². The van der Waals surface area contributed by atoms with Crippen molar-refractivity contribution in [1.29, 1.82) is 0 Å². The fraction of sp³-hybridized carbons (Fsp3) is 0.208. The zero-order chi connectivity index (χ0) is 21.0. The van der Waals surface area contributed by atoms with Crippen LogP contribution in [-0.4, -0.2) is 32.8 Å². The average Bonchev–Trinajstić information content (AvgIpc) is 2.78. The SMILES string of the molecule is COCCOc1cccc(NCC(=O)Nc2ccccc2OCc2ccccc2)c1. The summed E-state index contributed by atoms with van der Waals surface area (Å²) in [6.45, 7) is 1.54.